The second-order valence-corrected chi connectivity index (χ2v) is 4.16. The summed E-state index contributed by atoms with van der Waals surface area (Å²) in [5, 5.41) is 3.15. The molecule has 2 aliphatic heterocycles. The maximum Gasteiger partial charge on any atom is 0.237 e. The molecule has 1 unspecified atom stereocenters. The van der Waals surface area contributed by atoms with Gasteiger partial charge in [0.25, 0.3) is 0 Å². The van der Waals surface area contributed by atoms with Crippen LogP contribution in [0.15, 0.2) is 0 Å². The molecule has 0 radical (unpaired) electrons. The van der Waals surface area contributed by atoms with Gasteiger partial charge in [-0.1, -0.05) is 0 Å². The summed E-state index contributed by atoms with van der Waals surface area (Å²) in [7, 11) is 0. The van der Waals surface area contributed by atoms with Crippen LogP contribution in [-0.2, 0) is 9.53 Å². The van der Waals surface area contributed by atoms with Crippen molar-refractivity contribution in [2.75, 3.05) is 26.3 Å². The Morgan fingerprint density at radius 3 is 2.79 bits per heavy atom. The molecule has 0 spiro atoms. The lowest BCUT2D eigenvalue weighted by molar-refractivity contribution is -0.128. The fraction of sp³-hybridized carbons (Fsp3) is 0.900. The van der Waals surface area contributed by atoms with Crippen molar-refractivity contribution >= 4 is 5.91 Å². The number of rotatable bonds is 2. The zero-order chi connectivity index (χ0) is 9.97. The van der Waals surface area contributed by atoms with Crippen LogP contribution in [0.2, 0.25) is 0 Å². The van der Waals surface area contributed by atoms with Crippen LogP contribution in [0, 0.1) is 5.92 Å². The van der Waals surface area contributed by atoms with Gasteiger partial charge in [-0.25, -0.2) is 0 Å². The molecule has 0 aliphatic carbocycles. The monoisotopic (exact) mass is 198 g/mol. The molecule has 2 fully saturated rings. The molecule has 2 rings (SSSR count). The Labute approximate surface area is 84.6 Å². The first-order valence-corrected chi connectivity index (χ1v) is 5.38. The second kappa shape index (κ2) is 4.28. The lowest BCUT2D eigenvalue weighted by Gasteiger charge is -2.29. The van der Waals surface area contributed by atoms with Crippen molar-refractivity contribution in [1.29, 1.82) is 0 Å². The Bertz CT molecular complexity index is 214. The van der Waals surface area contributed by atoms with E-state index in [1.807, 2.05) is 11.8 Å². The van der Waals surface area contributed by atoms with Gasteiger partial charge in [-0.3, -0.25) is 10.1 Å². The smallest absolute Gasteiger partial charge is 0.237 e. The molecule has 1 N–H and O–H groups in total. The van der Waals surface area contributed by atoms with Crippen LogP contribution in [0.25, 0.3) is 0 Å². The molecule has 0 aromatic heterocycles. The molecule has 0 aromatic carbocycles. The lowest BCUT2D eigenvalue weighted by atomic mass is 10.00. The molecular formula is C10H18N2O2. The highest BCUT2D eigenvalue weighted by molar-refractivity contribution is 5.80. The average Bonchev–Trinajstić information content (AvgIpc) is 2.51. The number of carbonyl (C=O) groups is 1. The van der Waals surface area contributed by atoms with Crippen LogP contribution in [0.1, 0.15) is 19.8 Å². The van der Waals surface area contributed by atoms with Gasteiger partial charge in [-0.05, 0) is 25.7 Å². The Hall–Kier alpha value is -0.610. The lowest BCUT2D eigenvalue weighted by Crippen LogP contribution is -2.39. The highest BCUT2D eigenvalue weighted by Gasteiger charge is 2.29. The number of hydrogen-bond acceptors (Lipinski definition) is 3. The van der Waals surface area contributed by atoms with Crippen LogP contribution in [0.4, 0.5) is 0 Å². The Morgan fingerprint density at radius 1 is 1.50 bits per heavy atom. The van der Waals surface area contributed by atoms with Crippen molar-refractivity contribution in [2.24, 2.45) is 5.92 Å². The van der Waals surface area contributed by atoms with Gasteiger partial charge >= 0.3 is 0 Å². The van der Waals surface area contributed by atoms with Crippen LogP contribution >= 0.6 is 0 Å². The number of nitrogens with one attached hydrogen (secondary N) is 1. The summed E-state index contributed by atoms with van der Waals surface area (Å²) in [6.45, 7) is 5.16. The van der Waals surface area contributed by atoms with Crippen LogP contribution in [0.3, 0.4) is 0 Å². The number of hydrogen-bond donors (Lipinski definition) is 1. The van der Waals surface area contributed by atoms with E-state index >= 15 is 0 Å². The van der Waals surface area contributed by atoms with Gasteiger partial charge in [0.05, 0.1) is 12.7 Å². The van der Waals surface area contributed by atoms with Gasteiger partial charge in [0.1, 0.15) is 0 Å². The zero-order valence-electron chi connectivity index (χ0n) is 8.66. The molecule has 80 valence electrons. The Balaban J connectivity index is 1.85. The number of ether oxygens (including phenoxy) is 1. The minimum absolute atomic E-state index is 0.213. The number of nitrogens with zero attached hydrogens (tertiary/aromatic N) is 1. The summed E-state index contributed by atoms with van der Waals surface area (Å²) in [4.78, 5) is 13.4. The Morgan fingerprint density at radius 2 is 2.21 bits per heavy atom. The summed E-state index contributed by atoms with van der Waals surface area (Å²) in [6.07, 6.45) is 2.40. The van der Waals surface area contributed by atoms with E-state index in [1.165, 1.54) is 0 Å². The van der Waals surface area contributed by atoms with Gasteiger partial charge in [-0.15, -0.1) is 0 Å². The molecule has 0 bridgehead atoms. The third kappa shape index (κ3) is 2.07. The molecule has 2 aliphatic rings. The molecule has 4 heteroatoms. The largest absolute Gasteiger partial charge is 0.381 e. The maximum atomic E-state index is 11.5. The van der Waals surface area contributed by atoms with E-state index < -0.39 is 0 Å². The summed E-state index contributed by atoms with van der Waals surface area (Å²) in [6, 6.07) is 0. The minimum atomic E-state index is 0.213. The predicted octanol–water partition coefficient (Wildman–Crippen LogP) is 0.191. The second-order valence-electron chi connectivity index (χ2n) is 4.16. The quantitative estimate of drug-likeness (QED) is 0.688. The molecule has 2 saturated heterocycles. The van der Waals surface area contributed by atoms with Crippen molar-refractivity contribution in [3.05, 3.63) is 0 Å². The van der Waals surface area contributed by atoms with Crippen LogP contribution in [0.5, 0.6) is 0 Å². The van der Waals surface area contributed by atoms with E-state index in [1.54, 1.807) is 0 Å². The number of amides is 1. The summed E-state index contributed by atoms with van der Waals surface area (Å²) < 4.78 is 5.30. The first-order chi connectivity index (χ1) is 6.77. The third-order valence-corrected chi connectivity index (χ3v) is 3.13. The van der Waals surface area contributed by atoms with E-state index in [0.717, 1.165) is 32.6 Å². The molecule has 0 saturated carbocycles. The molecule has 2 heterocycles. The maximum absolute atomic E-state index is 11.5. The molecule has 1 amide bonds. The highest BCUT2D eigenvalue weighted by atomic mass is 16.5. The fourth-order valence-corrected chi connectivity index (χ4v) is 2.13. The standard InChI is InChI=1S/C10H18N2O2/c1-8-11-6-10(13)12(8)7-9-2-4-14-5-3-9/h8-9,11H,2-7H2,1H3. The topological polar surface area (TPSA) is 41.6 Å². The van der Waals surface area contributed by atoms with Crippen molar-refractivity contribution in [3.63, 3.8) is 0 Å². The highest BCUT2D eigenvalue weighted by Crippen LogP contribution is 2.18. The first kappa shape index (κ1) is 9.93. The van der Waals surface area contributed by atoms with Crippen LogP contribution in [-0.4, -0.2) is 43.3 Å². The minimum Gasteiger partial charge on any atom is -0.381 e. The van der Waals surface area contributed by atoms with Crippen molar-refractivity contribution in [1.82, 2.24) is 10.2 Å². The van der Waals surface area contributed by atoms with Gasteiger partial charge in [0.2, 0.25) is 5.91 Å². The van der Waals surface area contributed by atoms with E-state index in [9.17, 15) is 4.79 Å². The van der Waals surface area contributed by atoms with Crippen molar-refractivity contribution in [2.45, 2.75) is 25.9 Å². The van der Waals surface area contributed by atoms with Crippen molar-refractivity contribution < 1.29 is 9.53 Å². The number of carbonyl (C=O) groups excluding carboxylic acids is 1. The van der Waals surface area contributed by atoms with Gasteiger partial charge in [-0.2, -0.15) is 0 Å². The van der Waals surface area contributed by atoms with Gasteiger partial charge < -0.3 is 9.64 Å². The zero-order valence-corrected chi connectivity index (χ0v) is 8.66. The molecular weight excluding hydrogens is 180 g/mol. The summed E-state index contributed by atoms with van der Waals surface area (Å²) >= 11 is 0. The summed E-state index contributed by atoms with van der Waals surface area (Å²) in [5.41, 5.74) is 0. The average molecular weight is 198 g/mol. The van der Waals surface area contributed by atoms with E-state index in [4.69, 9.17) is 4.74 Å². The normalized spacial score (nSPS) is 29.9. The summed E-state index contributed by atoms with van der Waals surface area (Å²) in [5.74, 6) is 0.874. The molecule has 1 atom stereocenters. The third-order valence-electron chi connectivity index (χ3n) is 3.13. The van der Waals surface area contributed by atoms with E-state index in [-0.39, 0.29) is 12.1 Å². The first-order valence-electron chi connectivity index (χ1n) is 5.38. The van der Waals surface area contributed by atoms with E-state index in [0.29, 0.717) is 12.5 Å². The SMILES string of the molecule is CC1NCC(=O)N1CC1CCOCC1. The molecule has 14 heavy (non-hydrogen) atoms. The molecule has 4 nitrogen and oxygen atoms in total. The van der Waals surface area contributed by atoms with Gasteiger partial charge in [0, 0.05) is 19.8 Å². The van der Waals surface area contributed by atoms with Crippen molar-refractivity contribution in [3.8, 4) is 0 Å². The van der Waals surface area contributed by atoms with Crippen LogP contribution < -0.4 is 5.32 Å². The Kier molecular flexibility index (Phi) is 3.03. The fourth-order valence-electron chi connectivity index (χ4n) is 2.13. The molecule has 0 aromatic rings. The van der Waals surface area contributed by atoms with E-state index in [2.05, 4.69) is 5.32 Å². The predicted molar refractivity (Wildman–Crippen MR) is 52.7 cm³/mol. The van der Waals surface area contributed by atoms with Gasteiger partial charge in [0.15, 0.2) is 0 Å².